The first-order chi connectivity index (χ1) is 9.28. The lowest BCUT2D eigenvalue weighted by Gasteiger charge is -2.23. The first kappa shape index (κ1) is 16.2. The van der Waals surface area contributed by atoms with Gasteiger partial charge in [0.1, 0.15) is 5.60 Å². The van der Waals surface area contributed by atoms with Crippen molar-refractivity contribution < 1.29 is 14.6 Å². The van der Waals surface area contributed by atoms with Crippen LogP contribution < -0.4 is 5.32 Å². The number of benzene rings is 1. The van der Waals surface area contributed by atoms with Gasteiger partial charge in [0.15, 0.2) is 0 Å². The molecule has 4 heteroatoms. The van der Waals surface area contributed by atoms with Crippen molar-refractivity contribution in [1.82, 2.24) is 5.32 Å². The van der Waals surface area contributed by atoms with Gasteiger partial charge in [-0.3, -0.25) is 0 Å². The fraction of sp³-hybridized carbons (Fsp3) is 0.438. The van der Waals surface area contributed by atoms with Gasteiger partial charge in [-0.05, 0) is 33.3 Å². The van der Waals surface area contributed by atoms with Crippen LogP contribution in [0.4, 0.5) is 4.79 Å². The summed E-state index contributed by atoms with van der Waals surface area (Å²) in [5, 5.41) is 12.6. The van der Waals surface area contributed by atoms with Crippen molar-refractivity contribution in [2.24, 2.45) is 0 Å². The summed E-state index contributed by atoms with van der Waals surface area (Å²) in [5.41, 5.74) is 0.449. The second-order valence-corrected chi connectivity index (χ2v) is 5.70. The Morgan fingerprint density at radius 1 is 1.30 bits per heavy atom. The highest BCUT2D eigenvalue weighted by atomic mass is 16.6. The molecule has 0 heterocycles. The van der Waals surface area contributed by atoms with E-state index in [0.717, 1.165) is 5.56 Å². The van der Waals surface area contributed by atoms with Crippen molar-refractivity contribution in [2.75, 3.05) is 0 Å². The summed E-state index contributed by atoms with van der Waals surface area (Å²) in [7, 11) is 0. The third kappa shape index (κ3) is 6.38. The van der Waals surface area contributed by atoms with Crippen LogP contribution in [-0.2, 0) is 4.74 Å². The maximum Gasteiger partial charge on any atom is 0.407 e. The number of aliphatic hydroxyl groups is 1. The standard InChI is InChI=1S/C16H23NO3/c1-12(17-15(19)20-16(2,3)4)14(18)11-10-13-8-6-5-7-9-13/h5-12,14,18H,1-4H3,(H,17,19)/b11-10+/t12-,14?/m0/s1. The van der Waals surface area contributed by atoms with E-state index < -0.39 is 23.8 Å². The molecule has 1 rings (SSSR count). The molecule has 0 spiro atoms. The topological polar surface area (TPSA) is 58.6 Å². The Kier molecular flexibility index (Phi) is 5.77. The van der Waals surface area contributed by atoms with Crippen LogP contribution in [0.25, 0.3) is 6.08 Å². The van der Waals surface area contributed by atoms with E-state index >= 15 is 0 Å². The maximum absolute atomic E-state index is 11.6. The van der Waals surface area contributed by atoms with Gasteiger partial charge in [0.2, 0.25) is 0 Å². The van der Waals surface area contributed by atoms with Crippen LogP contribution in [0.1, 0.15) is 33.3 Å². The van der Waals surface area contributed by atoms with Crippen LogP contribution in [0.2, 0.25) is 0 Å². The molecule has 110 valence electrons. The fourth-order valence-electron chi connectivity index (χ4n) is 1.52. The molecule has 0 aromatic heterocycles. The predicted octanol–water partition coefficient (Wildman–Crippen LogP) is 2.97. The van der Waals surface area contributed by atoms with Crippen molar-refractivity contribution in [3.63, 3.8) is 0 Å². The molecule has 0 saturated carbocycles. The van der Waals surface area contributed by atoms with Gasteiger partial charge in [0.05, 0.1) is 12.1 Å². The van der Waals surface area contributed by atoms with Crippen molar-refractivity contribution in [3.05, 3.63) is 42.0 Å². The number of carbonyl (C=O) groups excluding carboxylic acids is 1. The number of ether oxygens (including phenoxy) is 1. The number of rotatable bonds is 4. The highest BCUT2D eigenvalue weighted by Gasteiger charge is 2.19. The van der Waals surface area contributed by atoms with Crippen molar-refractivity contribution in [3.8, 4) is 0 Å². The number of aliphatic hydroxyl groups excluding tert-OH is 1. The van der Waals surface area contributed by atoms with E-state index in [9.17, 15) is 9.90 Å². The minimum atomic E-state index is -0.775. The molecule has 0 radical (unpaired) electrons. The molecular formula is C16H23NO3. The predicted molar refractivity (Wildman–Crippen MR) is 80.3 cm³/mol. The minimum Gasteiger partial charge on any atom is -0.444 e. The Morgan fingerprint density at radius 3 is 2.45 bits per heavy atom. The summed E-state index contributed by atoms with van der Waals surface area (Å²) in [6.07, 6.45) is 2.16. The molecule has 0 aliphatic carbocycles. The summed E-state index contributed by atoms with van der Waals surface area (Å²) >= 11 is 0. The lowest BCUT2D eigenvalue weighted by molar-refractivity contribution is 0.0465. The lowest BCUT2D eigenvalue weighted by atomic mass is 10.1. The summed E-state index contributed by atoms with van der Waals surface area (Å²) in [4.78, 5) is 11.6. The van der Waals surface area contributed by atoms with Gasteiger partial charge in [0.25, 0.3) is 0 Å². The molecule has 1 unspecified atom stereocenters. The lowest BCUT2D eigenvalue weighted by Crippen LogP contribution is -2.42. The van der Waals surface area contributed by atoms with E-state index in [2.05, 4.69) is 5.32 Å². The summed E-state index contributed by atoms with van der Waals surface area (Å²) < 4.78 is 5.14. The van der Waals surface area contributed by atoms with Crippen LogP contribution in [0.15, 0.2) is 36.4 Å². The molecule has 0 fully saturated rings. The van der Waals surface area contributed by atoms with Crippen molar-refractivity contribution >= 4 is 12.2 Å². The molecule has 0 aliphatic rings. The average molecular weight is 277 g/mol. The van der Waals surface area contributed by atoms with Crippen LogP contribution in [0.5, 0.6) is 0 Å². The van der Waals surface area contributed by atoms with E-state index in [1.54, 1.807) is 33.8 Å². The van der Waals surface area contributed by atoms with Gasteiger partial charge in [0, 0.05) is 0 Å². The molecular weight excluding hydrogens is 254 g/mol. The van der Waals surface area contributed by atoms with Gasteiger partial charge in [-0.25, -0.2) is 4.79 Å². The molecule has 1 aromatic carbocycles. The first-order valence-corrected chi connectivity index (χ1v) is 6.69. The molecule has 20 heavy (non-hydrogen) atoms. The number of nitrogens with one attached hydrogen (secondary N) is 1. The molecule has 0 bridgehead atoms. The Hall–Kier alpha value is -1.81. The van der Waals surface area contributed by atoms with Gasteiger partial charge in [-0.2, -0.15) is 0 Å². The number of carbonyl (C=O) groups is 1. The third-order valence-corrected chi connectivity index (χ3v) is 2.54. The fourth-order valence-corrected chi connectivity index (χ4v) is 1.52. The Labute approximate surface area is 120 Å². The molecule has 0 saturated heterocycles. The summed E-state index contributed by atoms with van der Waals surface area (Å²) in [6.45, 7) is 7.11. The first-order valence-electron chi connectivity index (χ1n) is 6.69. The largest absolute Gasteiger partial charge is 0.444 e. The zero-order valence-corrected chi connectivity index (χ0v) is 12.5. The normalized spacial score (nSPS) is 14.8. The third-order valence-electron chi connectivity index (χ3n) is 2.54. The number of amides is 1. The second kappa shape index (κ2) is 7.10. The molecule has 2 atom stereocenters. The Morgan fingerprint density at radius 2 is 1.90 bits per heavy atom. The van der Waals surface area contributed by atoms with E-state index in [-0.39, 0.29) is 0 Å². The molecule has 2 N–H and O–H groups in total. The minimum absolute atomic E-state index is 0.426. The molecule has 1 aromatic rings. The van der Waals surface area contributed by atoms with Gasteiger partial charge < -0.3 is 15.2 Å². The van der Waals surface area contributed by atoms with Crippen LogP contribution in [-0.4, -0.2) is 28.9 Å². The van der Waals surface area contributed by atoms with Crippen LogP contribution in [0, 0.1) is 0 Å². The smallest absolute Gasteiger partial charge is 0.407 e. The number of hydrogen-bond donors (Lipinski definition) is 2. The van der Waals surface area contributed by atoms with Crippen molar-refractivity contribution in [2.45, 2.75) is 45.4 Å². The number of alkyl carbamates (subject to hydrolysis) is 1. The molecule has 4 nitrogen and oxygen atoms in total. The zero-order chi connectivity index (χ0) is 15.2. The Bertz CT molecular complexity index is 449. The molecule has 0 aliphatic heterocycles. The van der Waals surface area contributed by atoms with Crippen molar-refractivity contribution in [1.29, 1.82) is 0 Å². The van der Waals surface area contributed by atoms with E-state index in [1.807, 2.05) is 36.4 Å². The van der Waals surface area contributed by atoms with Crippen LogP contribution >= 0.6 is 0 Å². The zero-order valence-electron chi connectivity index (χ0n) is 12.5. The van der Waals surface area contributed by atoms with E-state index in [0.29, 0.717) is 0 Å². The van der Waals surface area contributed by atoms with E-state index in [4.69, 9.17) is 4.74 Å². The Balaban J connectivity index is 2.49. The second-order valence-electron chi connectivity index (χ2n) is 5.70. The quantitative estimate of drug-likeness (QED) is 0.889. The average Bonchev–Trinajstić information content (AvgIpc) is 2.34. The summed E-state index contributed by atoms with van der Waals surface area (Å²) in [6, 6.07) is 9.23. The van der Waals surface area contributed by atoms with Crippen LogP contribution in [0.3, 0.4) is 0 Å². The SMILES string of the molecule is C[C@H](NC(=O)OC(C)(C)C)C(O)/C=C/c1ccccc1. The molecule has 1 amide bonds. The van der Waals surface area contributed by atoms with Gasteiger partial charge >= 0.3 is 6.09 Å². The number of hydrogen-bond acceptors (Lipinski definition) is 3. The summed E-state index contributed by atoms with van der Waals surface area (Å²) in [5.74, 6) is 0. The van der Waals surface area contributed by atoms with Gasteiger partial charge in [-0.15, -0.1) is 0 Å². The van der Waals surface area contributed by atoms with E-state index in [1.165, 1.54) is 0 Å². The monoisotopic (exact) mass is 277 g/mol. The maximum atomic E-state index is 11.6. The highest BCUT2D eigenvalue weighted by molar-refractivity contribution is 5.68. The highest BCUT2D eigenvalue weighted by Crippen LogP contribution is 2.08. The van der Waals surface area contributed by atoms with Gasteiger partial charge in [-0.1, -0.05) is 42.5 Å².